The second kappa shape index (κ2) is 5.37. The molecule has 4 heteroatoms. The van der Waals surface area contributed by atoms with Crippen LogP contribution < -0.4 is 0 Å². The average Bonchev–Trinajstić information content (AvgIpc) is 3.01. The number of hydrogen-bond donors (Lipinski definition) is 0. The van der Waals surface area contributed by atoms with Gasteiger partial charge in [0.05, 0.1) is 18.2 Å². The minimum Gasteiger partial charge on any atom is -0.249 e. The summed E-state index contributed by atoms with van der Waals surface area (Å²) in [5.74, 6) is 0. The molecule has 0 fully saturated rings. The lowest BCUT2D eigenvalue weighted by atomic mass is 9.98. The zero-order valence-electron chi connectivity index (χ0n) is 10.8. The van der Waals surface area contributed by atoms with E-state index in [-0.39, 0.29) is 0 Å². The van der Waals surface area contributed by atoms with E-state index >= 15 is 0 Å². The van der Waals surface area contributed by atoms with Crippen LogP contribution in [0.1, 0.15) is 11.1 Å². The highest BCUT2D eigenvalue weighted by molar-refractivity contribution is 5.68. The van der Waals surface area contributed by atoms with Crippen molar-refractivity contribution in [2.75, 3.05) is 0 Å². The van der Waals surface area contributed by atoms with Crippen LogP contribution >= 0.6 is 0 Å². The molecule has 1 heterocycles. The Balaban J connectivity index is 2.07. The minimum absolute atomic E-state index is 0.597. The molecule has 0 saturated carbocycles. The van der Waals surface area contributed by atoms with Crippen LogP contribution in [-0.2, 0) is 6.54 Å². The molecule has 2 aromatic carbocycles. The normalized spacial score (nSPS) is 10.2. The summed E-state index contributed by atoms with van der Waals surface area (Å²) in [6, 6.07) is 18.0. The van der Waals surface area contributed by atoms with Crippen molar-refractivity contribution >= 4 is 0 Å². The maximum absolute atomic E-state index is 9.06. The van der Waals surface area contributed by atoms with Gasteiger partial charge in [0.1, 0.15) is 12.7 Å². The van der Waals surface area contributed by atoms with Crippen molar-refractivity contribution in [3.8, 4) is 17.2 Å². The van der Waals surface area contributed by atoms with Crippen LogP contribution in [-0.4, -0.2) is 14.8 Å². The van der Waals surface area contributed by atoms with E-state index in [2.05, 4.69) is 28.3 Å². The van der Waals surface area contributed by atoms with E-state index in [0.717, 1.165) is 16.7 Å². The fourth-order valence-corrected chi connectivity index (χ4v) is 2.18. The third-order valence-electron chi connectivity index (χ3n) is 3.12. The first kappa shape index (κ1) is 12.1. The second-order valence-electron chi connectivity index (χ2n) is 4.44. The maximum Gasteiger partial charge on any atom is 0.137 e. The van der Waals surface area contributed by atoms with Gasteiger partial charge >= 0.3 is 0 Å². The van der Waals surface area contributed by atoms with Crippen molar-refractivity contribution in [1.82, 2.24) is 14.8 Å². The van der Waals surface area contributed by atoms with Crippen LogP contribution in [0.5, 0.6) is 0 Å². The lowest BCUT2D eigenvalue weighted by molar-refractivity contribution is 0.685. The molecule has 0 unspecified atom stereocenters. The van der Waals surface area contributed by atoms with Gasteiger partial charge in [0.15, 0.2) is 0 Å². The summed E-state index contributed by atoms with van der Waals surface area (Å²) in [4.78, 5) is 3.95. The summed E-state index contributed by atoms with van der Waals surface area (Å²) < 4.78 is 1.75. The molecule has 0 amide bonds. The molecular formula is C16H12N4. The van der Waals surface area contributed by atoms with Gasteiger partial charge in [-0.2, -0.15) is 10.4 Å². The Hall–Kier alpha value is -2.93. The van der Waals surface area contributed by atoms with Crippen LogP contribution in [0.3, 0.4) is 0 Å². The van der Waals surface area contributed by atoms with Crippen LogP contribution in [0.15, 0.2) is 61.2 Å². The van der Waals surface area contributed by atoms with Crippen LogP contribution in [0.25, 0.3) is 11.1 Å². The van der Waals surface area contributed by atoms with Gasteiger partial charge in [-0.25, -0.2) is 9.67 Å². The van der Waals surface area contributed by atoms with Gasteiger partial charge in [-0.1, -0.05) is 36.4 Å². The first-order chi connectivity index (χ1) is 9.86. The second-order valence-corrected chi connectivity index (χ2v) is 4.44. The molecule has 0 atom stereocenters. The average molecular weight is 260 g/mol. The molecule has 0 radical (unpaired) electrons. The minimum atomic E-state index is 0.597. The van der Waals surface area contributed by atoms with E-state index in [9.17, 15) is 0 Å². The monoisotopic (exact) mass is 260 g/mol. The van der Waals surface area contributed by atoms with E-state index in [4.69, 9.17) is 5.26 Å². The number of aromatic nitrogens is 3. The molecule has 0 aliphatic heterocycles. The smallest absolute Gasteiger partial charge is 0.137 e. The standard InChI is InChI=1S/C16H12N4/c17-9-13-6-7-16(14-4-2-1-3-5-14)15(8-13)10-20-12-18-11-19-20/h1-8,11-12H,10H2. The fraction of sp³-hybridized carbons (Fsp3) is 0.0625. The molecule has 0 saturated heterocycles. The predicted octanol–water partition coefficient (Wildman–Crippen LogP) is 2.87. The first-order valence-electron chi connectivity index (χ1n) is 6.27. The molecule has 0 bridgehead atoms. The largest absolute Gasteiger partial charge is 0.249 e. The van der Waals surface area contributed by atoms with E-state index in [1.807, 2.05) is 36.4 Å². The van der Waals surface area contributed by atoms with Gasteiger partial charge in [-0.3, -0.25) is 0 Å². The van der Waals surface area contributed by atoms with Crippen LogP contribution in [0.4, 0.5) is 0 Å². The van der Waals surface area contributed by atoms with E-state index < -0.39 is 0 Å². The SMILES string of the molecule is N#Cc1ccc(-c2ccccc2)c(Cn2cncn2)c1. The lowest BCUT2D eigenvalue weighted by Gasteiger charge is -2.10. The molecule has 0 aliphatic carbocycles. The van der Waals surface area contributed by atoms with Crippen molar-refractivity contribution in [3.63, 3.8) is 0 Å². The molecule has 0 aliphatic rings. The Bertz CT molecular complexity index is 740. The zero-order valence-corrected chi connectivity index (χ0v) is 10.8. The summed E-state index contributed by atoms with van der Waals surface area (Å²) in [7, 11) is 0. The quantitative estimate of drug-likeness (QED) is 0.727. The lowest BCUT2D eigenvalue weighted by Crippen LogP contribution is -2.02. The number of rotatable bonds is 3. The Labute approximate surface area is 116 Å². The van der Waals surface area contributed by atoms with Crippen molar-refractivity contribution in [3.05, 3.63) is 72.3 Å². The Morgan fingerprint density at radius 3 is 2.65 bits per heavy atom. The molecule has 4 nitrogen and oxygen atoms in total. The van der Waals surface area contributed by atoms with Crippen molar-refractivity contribution < 1.29 is 0 Å². The number of nitrogens with zero attached hydrogens (tertiary/aromatic N) is 4. The molecule has 96 valence electrons. The topological polar surface area (TPSA) is 54.5 Å². The van der Waals surface area contributed by atoms with Gasteiger partial charge in [-0.15, -0.1) is 0 Å². The summed E-state index contributed by atoms with van der Waals surface area (Å²) >= 11 is 0. The Morgan fingerprint density at radius 2 is 1.95 bits per heavy atom. The highest BCUT2D eigenvalue weighted by atomic mass is 15.3. The molecule has 20 heavy (non-hydrogen) atoms. The summed E-state index contributed by atoms with van der Waals surface area (Å²) in [6.07, 6.45) is 3.18. The molecular weight excluding hydrogens is 248 g/mol. The van der Waals surface area contributed by atoms with Crippen molar-refractivity contribution in [2.45, 2.75) is 6.54 Å². The van der Waals surface area contributed by atoms with Gasteiger partial charge < -0.3 is 0 Å². The number of benzene rings is 2. The molecule has 1 aromatic heterocycles. The van der Waals surface area contributed by atoms with E-state index in [1.165, 1.54) is 6.33 Å². The zero-order chi connectivity index (χ0) is 13.8. The number of hydrogen-bond acceptors (Lipinski definition) is 3. The first-order valence-corrected chi connectivity index (χ1v) is 6.27. The Morgan fingerprint density at radius 1 is 1.10 bits per heavy atom. The van der Waals surface area contributed by atoms with Gasteiger partial charge in [0, 0.05) is 0 Å². The molecule has 0 spiro atoms. The van der Waals surface area contributed by atoms with Gasteiger partial charge in [-0.05, 0) is 28.8 Å². The van der Waals surface area contributed by atoms with Crippen LogP contribution in [0, 0.1) is 11.3 Å². The third-order valence-corrected chi connectivity index (χ3v) is 3.12. The van der Waals surface area contributed by atoms with Crippen molar-refractivity contribution in [2.24, 2.45) is 0 Å². The van der Waals surface area contributed by atoms with E-state index in [1.54, 1.807) is 11.0 Å². The summed E-state index contributed by atoms with van der Waals surface area (Å²) in [6.45, 7) is 0.597. The third kappa shape index (κ3) is 2.43. The fourth-order valence-electron chi connectivity index (χ4n) is 2.18. The molecule has 0 N–H and O–H groups in total. The van der Waals surface area contributed by atoms with Gasteiger partial charge in [0.25, 0.3) is 0 Å². The van der Waals surface area contributed by atoms with E-state index in [0.29, 0.717) is 12.1 Å². The molecule has 3 aromatic rings. The summed E-state index contributed by atoms with van der Waals surface area (Å²) in [5, 5.41) is 13.2. The predicted molar refractivity (Wildman–Crippen MR) is 75.7 cm³/mol. The Kier molecular flexibility index (Phi) is 3.25. The highest BCUT2D eigenvalue weighted by Gasteiger charge is 2.07. The number of nitriles is 1. The van der Waals surface area contributed by atoms with Gasteiger partial charge in [0.2, 0.25) is 0 Å². The van der Waals surface area contributed by atoms with Crippen LogP contribution in [0.2, 0.25) is 0 Å². The molecule has 3 rings (SSSR count). The maximum atomic E-state index is 9.06. The summed E-state index contributed by atoms with van der Waals surface area (Å²) in [5.41, 5.74) is 3.95. The van der Waals surface area contributed by atoms with Crippen molar-refractivity contribution in [1.29, 1.82) is 5.26 Å². The highest BCUT2D eigenvalue weighted by Crippen LogP contribution is 2.25.